The lowest BCUT2D eigenvalue weighted by molar-refractivity contribution is -0.148. The lowest BCUT2D eigenvalue weighted by Gasteiger charge is -2.29. The van der Waals surface area contributed by atoms with Crippen molar-refractivity contribution in [3.63, 3.8) is 0 Å². The minimum absolute atomic E-state index is 0.0799. The van der Waals surface area contributed by atoms with E-state index < -0.39 is 31.0 Å². The Morgan fingerprint density at radius 2 is 2.05 bits per heavy atom. The molecular formula is C15H22O5. The average molecular weight is 282 g/mol. The van der Waals surface area contributed by atoms with E-state index in [2.05, 4.69) is 0 Å². The number of benzene rings is 1. The zero-order chi connectivity index (χ0) is 14.5. The van der Waals surface area contributed by atoms with Crippen LogP contribution in [0.15, 0.2) is 30.3 Å². The van der Waals surface area contributed by atoms with Gasteiger partial charge in [0.05, 0.1) is 25.4 Å². The fourth-order valence-electron chi connectivity index (χ4n) is 2.48. The van der Waals surface area contributed by atoms with Gasteiger partial charge >= 0.3 is 0 Å². The predicted molar refractivity (Wildman–Crippen MR) is 73.1 cm³/mol. The lowest BCUT2D eigenvalue weighted by Crippen LogP contribution is -2.46. The second-order valence-electron chi connectivity index (χ2n) is 5.23. The first-order chi connectivity index (χ1) is 9.61. The first-order valence-electron chi connectivity index (χ1n) is 6.89. The third-order valence-corrected chi connectivity index (χ3v) is 3.52. The molecule has 1 aromatic carbocycles. The van der Waals surface area contributed by atoms with Crippen molar-refractivity contribution < 1.29 is 24.8 Å². The summed E-state index contributed by atoms with van der Waals surface area (Å²) >= 11 is 0. The predicted octanol–water partition coefficient (Wildman–Crippen LogP) is 0.463. The standard InChI is InChI=1S/C15H22O5/c1-10-7-12(17)15(20-10)14(13(18)8-16)19-9-11-5-3-2-4-6-11/h2-6,10,12-18H,7-9H2,1H3/t10?,12-,13-,14+,15+/m0/s1. The molecule has 0 aromatic heterocycles. The lowest BCUT2D eigenvalue weighted by atomic mass is 10.0. The van der Waals surface area contributed by atoms with E-state index in [9.17, 15) is 10.2 Å². The molecule has 0 saturated carbocycles. The molecule has 0 spiro atoms. The second kappa shape index (κ2) is 7.15. The molecule has 0 amide bonds. The zero-order valence-corrected chi connectivity index (χ0v) is 11.6. The van der Waals surface area contributed by atoms with Crippen LogP contribution >= 0.6 is 0 Å². The molecule has 1 aromatic rings. The zero-order valence-electron chi connectivity index (χ0n) is 11.6. The summed E-state index contributed by atoms with van der Waals surface area (Å²) in [7, 11) is 0. The molecule has 0 bridgehead atoms. The molecule has 5 nitrogen and oxygen atoms in total. The average Bonchev–Trinajstić information content (AvgIpc) is 2.79. The molecule has 1 aliphatic heterocycles. The minimum Gasteiger partial charge on any atom is -0.394 e. The van der Waals surface area contributed by atoms with E-state index in [1.165, 1.54) is 0 Å². The van der Waals surface area contributed by atoms with Crippen LogP contribution in [-0.2, 0) is 16.1 Å². The van der Waals surface area contributed by atoms with Gasteiger partial charge in [-0.15, -0.1) is 0 Å². The van der Waals surface area contributed by atoms with Gasteiger partial charge in [0, 0.05) is 6.42 Å². The summed E-state index contributed by atoms with van der Waals surface area (Å²) in [5.74, 6) is 0. The molecule has 20 heavy (non-hydrogen) atoms. The summed E-state index contributed by atoms with van der Waals surface area (Å²) in [5, 5.41) is 29.0. The van der Waals surface area contributed by atoms with Crippen LogP contribution in [0.2, 0.25) is 0 Å². The van der Waals surface area contributed by atoms with Crippen molar-refractivity contribution in [3.8, 4) is 0 Å². The first-order valence-corrected chi connectivity index (χ1v) is 6.89. The quantitative estimate of drug-likeness (QED) is 0.706. The van der Waals surface area contributed by atoms with Gasteiger partial charge in [-0.1, -0.05) is 30.3 Å². The number of aliphatic hydroxyl groups excluding tert-OH is 3. The third kappa shape index (κ3) is 3.77. The highest BCUT2D eigenvalue weighted by Crippen LogP contribution is 2.26. The molecule has 1 saturated heterocycles. The van der Waals surface area contributed by atoms with E-state index in [0.717, 1.165) is 5.56 Å². The Hall–Kier alpha value is -0.980. The van der Waals surface area contributed by atoms with Crippen molar-refractivity contribution >= 4 is 0 Å². The highest BCUT2D eigenvalue weighted by Gasteiger charge is 2.41. The number of rotatable bonds is 6. The Kier molecular flexibility index (Phi) is 5.51. The topological polar surface area (TPSA) is 79.2 Å². The summed E-state index contributed by atoms with van der Waals surface area (Å²) in [6.07, 6.45) is -2.70. The van der Waals surface area contributed by atoms with Gasteiger partial charge in [-0.3, -0.25) is 0 Å². The van der Waals surface area contributed by atoms with E-state index in [0.29, 0.717) is 13.0 Å². The Labute approximate surface area is 118 Å². The van der Waals surface area contributed by atoms with Crippen molar-refractivity contribution in [1.29, 1.82) is 0 Å². The fourth-order valence-corrected chi connectivity index (χ4v) is 2.48. The maximum absolute atomic E-state index is 9.97. The highest BCUT2D eigenvalue weighted by molar-refractivity contribution is 5.13. The van der Waals surface area contributed by atoms with Gasteiger partial charge in [-0.25, -0.2) is 0 Å². The highest BCUT2D eigenvalue weighted by atomic mass is 16.6. The largest absolute Gasteiger partial charge is 0.394 e. The third-order valence-electron chi connectivity index (χ3n) is 3.52. The number of hydrogen-bond acceptors (Lipinski definition) is 5. The molecule has 1 unspecified atom stereocenters. The molecule has 1 fully saturated rings. The van der Waals surface area contributed by atoms with Gasteiger partial charge in [0.25, 0.3) is 0 Å². The number of ether oxygens (including phenoxy) is 2. The van der Waals surface area contributed by atoms with Crippen LogP contribution in [0.3, 0.4) is 0 Å². The summed E-state index contributed by atoms with van der Waals surface area (Å²) in [6.45, 7) is 1.73. The molecular weight excluding hydrogens is 260 g/mol. The molecule has 1 aliphatic rings. The Morgan fingerprint density at radius 3 is 2.60 bits per heavy atom. The number of aliphatic hydroxyl groups is 3. The van der Waals surface area contributed by atoms with Crippen LogP contribution < -0.4 is 0 Å². The normalized spacial score (nSPS) is 29.3. The summed E-state index contributed by atoms with van der Waals surface area (Å²) in [6, 6.07) is 9.54. The molecule has 0 aliphatic carbocycles. The van der Waals surface area contributed by atoms with Gasteiger partial charge in [0.15, 0.2) is 0 Å². The Bertz CT molecular complexity index is 397. The van der Waals surface area contributed by atoms with Gasteiger partial charge in [0.1, 0.15) is 18.3 Å². The van der Waals surface area contributed by atoms with Gasteiger partial charge in [0.2, 0.25) is 0 Å². The Morgan fingerprint density at radius 1 is 1.35 bits per heavy atom. The van der Waals surface area contributed by atoms with Crippen LogP contribution in [0.25, 0.3) is 0 Å². The summed E-state index contributed by atoms with van der Waals surface area (Å²) in [5.41, 5.74) is 0.961. The molecule has 2 rings (SSSR count). The minimum atomic E-state index is -1.08. The van der Waals surface area contributed by atoms with E-state index in [1.807, 2.05) is 37.3 Å². The van der Waals surface area contributed by atoms with Crippen LogP contribution in [0.4, 0.5) is 0 Å². The maximum Gasteiger partial charge on any atom is 0.115 e. The summed E-state index contributed by atoms with van der Waals surface area (Å²) in [4.78, 5) is 0. The summed E-state index contributed by atoms with van der Waals surface area (Å²) < 4.78 is 11.3. The molecule has 0 radical (unpaired) electrons. The molecule has 1 heterocycles. The molecule has 112 valence electrons. The van der Waals surface area contributed by atoms with Crippen LogP contribution in [-0.4, -0.2) is 52.4 Å². The van der Waals surface area contributed by atoms with Gasteiger partial charge in [-0.2, -0.15) is 0 Å². The van der Waals surface area contributed by atoms with E-state index in [-0.39, 0.29) is 6.10 Å². The van der Waals surface area contributed by atoms with Crippen molar-refractivity contribution in [1.82, 2.24) is 0 Å². The van der Waals surface area contributed by atoms with Crippen molar-refractivity contribution in [3.05, 3.63) is 35.9 Å². The van der Waals surface area contributed by atoms with Gasteiger partial charge in [-0.05, 0) is 12.5 Å². The molecule has 5 atom stereocenters. The van der Waals surface area contributed by atoms with Crippen LogP contribution in [0.1, 0.15) is 18.9 Å². The van der Waals surface area contributed by atoms with E-state index in [4.69, 9.17) is 14.6 Å². The van der Waals surface area contributed by atoms with Crippen LogP contribution in [0.5, 0.6) is 0 Å². The van der Waals surface area contributed by atoms with E-state index >= 15 is 0 Å². The van der Waals surface area contributed by atoms with Gasteiger partial charge < -0.3 is 24.8 Å². The smallest absolute Gasteiger partial charge is 0.115 e. The fraction of sp³-hybridized carbons (Fsp3) is 0.600. The Balaban J connectivity index is 2.01. The monoisotopic (exact) mass is 282 g/mol. The second-order valence-corrected chi connectivity index (χ2v) is 5.23. The number of hydrogen-bond donors (Lipinski definition) is 3. The first kappa shape index (κ1) is 15.4. The van der Waals surface area contributed by atoms with Crippen LogP contribution in [0, 0.1) is 0 Å². The molecule has 3 N–H and O–H groups in total. The molecule has 5 heteroatoms. The van der Waals surface area contributed by atoms with Crippen molar-refractivity contribution in [2.24, 2.45) is 0 Å². The maximum atomic E-state index is 9.97. The van der Waals surface area contributed by atoms with E-state index in [1.54, 1.807) is 0 Å². The van der Waals surface area contributed by atoms with Crippen molar-refractivity contribution in [2.75, 3.05) is 6.61 Å². The SMILES string of the molecule is CC1C[C@H](O)[C@H]([C@H](OCc2ccccc2)[C@@H](O)CO)O1. The van der Waals surface area contributed by atoms with Crippen molar-refractivity contribution in [2.45, 2.75) is 50.5 Å².